The van der Waals surface area contributed by atoms with Crippen molar-refractivity contribution in [1.29, 1.82) is 0 Å². The van der Waals surface area contributed by atoms with Crippen molar-refractivity contribution in [2.75, 3.05) is 6.54 Å². The lowest BCUT2D eigenvalue weighted by Gasteiger charge is -2.14. The van der Waals surface area contributed by atoms with Crippen molar-refractivity contribution < 1.29 is 13.2 Å². The molecule has 1 heterocycles. The fraction of sp³-hybridized carbons (Fsp3) is 0.357. The van der Waals surface area contributed by atoms with Gasteiger partial charge in [-0.1, -0.05) is 25.1 Å². The molecular formula is C14H16F3N3. The molecule has 0 bridgehead atoms. The van der Waals surface area contributed by atoms with Crippen LogP contribution in [0.5, 0.6) is 0 Å². The van der Waals surface area contributed by atoms with Gasteiger partial charge >= 0.3 is 6.18 Å². The number of hydrogen-bond donors (Lipinski definition) is 1. The molecule has 108 valence electrons. The van der Waals surface area contributed by atoms with Crippen LogP contribution in [0.2, 0.25) is 0 Å². The predicted molar refractivity (Wildman–Crippen MR) is 70.2 cm³/mol. The van der Waals surface area contributed by atoms with Gasteiger partial charge in [-0.05, 0) is 18.2 Å². The van der Waals surface area contributed by atoms with Gasteiger partial charge in [0.2, 0.25) is 0 Å². The molecule has 0 spiro atoms. The first-order chi connectivity index (χ1) is 9.52. The van der Waals surface area contributed by atoms with Gasteiger partial charge in [0.25, 0.3) is 0 Å². The van der Waals surface area contributed by atoms with Crippen LogP contribution in [0.3, 0.4) is 0 Å². The smallest absolute Gasteiger partial charge is 0.329 e. The molecule has 6 heteroatoms. The topological polar surface area (TPSA) is 29.9 Å². The molecular weight excluding hydrogens is 267 g/mol. The van der Waals surface area contributed by atoms with E-state index in [-0.39, 0.29) is 12.1 Å². The van der Waals surface area contributed by atoms with Gasteiger partial charge in [0, 0.05) is 18.9 Å². The summed E-state index contributed by atoms with van der Waals surface area (Å²) in [7, 11) is 0. The van der Waals surface area contributed by atoms with E-state index in [0.29, 0.717) is 6.54 Å². The standard InChI is InChI=1S/C14H16F3N3/c1-2-18-9-13-19-7-8-20(13)10-11-5-3-4-6-12(11)14(15,16)17/h3-8,18H,2,9-10H2,1H3. The second kappa shape index (κ2) is 6.09. The highest BCUT2D eigenvalue weighted by Crippen LogP contribution is 2.32. The lowest BCUT2D eigenvalue weighted by atomic mass is 10.1. The average Bonchev–Trinajstić information content (AvgIpc) is 2.83. The fourth-order valence-electron chi connectivity index (χ4n) is 2.01. The van der Waals surface area contributed by atoms with E-state index in [2.05, 4.69) is 10.3 Å². The van der Waals surface area contributed by atoms with Gasteiger partial charge in [0.15, 0.2) is 0 Å². The molecule has 0 saturated heterocycles. The van der Waals surface area contributed by atoms with E-state index in [1.54, 1.807) is 23.0 Å². The summed E-state index contributed by atoms with van der Waals surface area (Å²) in [5.74, 6) is 0.726. The molecule has 0 aliphatic rings. The fourth-order valence-corrected chi connectivity index (χ4v) is 2.01. The Hall–Kier alpha value is -1.82. The van der Waals surface area contributed by atoms with E-state index >= 15 is 0 Å². The van der Waals surface area contributed by atoms with E-state index in [1.807, 2.05) is 6.92 Å². The van der Waals surface area contributed by atoms with Gasteiger partial charge in [-0.2, -0.15) is 13.2 Å². The second-order valence-corrected chi connectivity index (χ2v) is 4.41. The highest BCUT2D eigenvalue weighted by Gasteiger charge is 2.32. The van der Waals surface area contributed by atoms with Crippen LogP contribution in [0.1, 0.15) is 23.9 Å². The number of aromatic nitrogens is 2. The van der Waals surface area contributed by atoms with Crippen LogP contribution < -0.4 is 5.32 Å². The monoisotopic (exact) mass is 283 g/mol. The first-order valence-electron chi connectivity index (χ1n) is 6.38. The van der Waals surface area contributed by atoms with Gasteiger partial charge in [-0.15, -0.1) is 0 Å². The summed E-state index contributed by atoms with van der Waals surface area (Å²) >= 11 is 0. The molecule has 1 aromatic carbocycles. The average molecular weight is 283 g/mol. The predicted octanol–water partition coefficient (Wildman–Crippen LogP) is 3.06. The van der Waals surface area contributed by atoms with Crippen LogP contribution in [0.15, 0.2) is 36.7 Å². The van der Waals surface area contributed by atoms with Crippen molar-refractivity contribution in [1.82, 2.24) is 14.9 Å². The number of imidazole rings is 1. The Labute approximate surface area is 115 Å². The number of nitrogens with one attached hydrogen (secondary N) is 1. The number of nitrogens with zero attached hydrogens (tertiary/aromatic N) is 2. The maximum Gasteiger partial charge on any atom is 0.416 e. The normalized spacial score (nSPS) is 11.8. The summed E-state index contributed by atoms with van der Waals surface area (Å²) in [6.45, 7) is 3.45. The number of rotatable bonds is 5. The Morgan fingerprint density at radius 2 is 2.00 bits per heavy atom. The molecule has 1 N–H and O–H groups in total. The Kier molecular flexibility index (Phi) is 4.44. The molecule has 2 rings (SSSR count). The summed E-state index contributed by atoms with van der Waals surface area (Å²) < 4.78 is 40.6. The Morgan fingerprint density at radius 3 is 2.70 bits per heavy atom. The van der Waals surface area contributed by atoms with Crippen LogP contribution in [-0.2, 0) is 19.3 Å². The molecule has 0 unspecified atom stereocenters. The third kappa shape index (κ3) is 3.39. The summed E-state index contributed by atoms with van der Waals surface area (Å²) in [6, 6.07) is 5.63. The maximum atomic E-state index is 12.9. The van der Waals surface area contributed by atoms with Gasteiger partial charge in [-0.25, -0.2) is 4.98 Å². The molecule has 20 heavy (non-hydrogen) atoms. The number of benzene rings is 1. The highest BCUT2D eigenvalue weighted by atomic mass is 19.4. The van der Waals surface area contributed by atoms with Crippen molar-refractivity contribution in [2.24, 2.45) is 0 Å². The van der Waals surface area contributed by atoms with Gasteiger partial charge in [0.05, 0.1) is 12.1 Å². The number of hydrogen-bond acceptors (Lipinski definition) is 2. The Morgan fingerprint density at radius 1 is 1.25 bits per heavy atom. The molecule has 0 saturated carbocycles. The largest absolute Gasteiger partial charge is 0.416 e. The third-order valence-corrected chi connectivity index (χ3v) is 3.00. The van der Waals surface area contributed by atoms with Gasteiger partial charge in [0.1, 0.15) is 5.82 Å². The van der Waals surface area contributed by atoms with E-state index in [4.69, 9.17) is 0 Å². The van der Waals surface area contributed by atoms with E-state index in [0.717, 1.165) is 18.4 Å². The van der Waals surface area contributed by atoms with Crippen molar-refractivity contribution in [2.45, 2.75) is 26.2 Å². The van der Waals surface area contributed by atoms with E-state index in [9.17, 15) is 13.2 Å². The third-order valence-electron chi connectivity index (χ3n) is 3.00. The van der Waals surface area contributed by atoms with Crippen LogP contribution >= 0.6 is 0 Å². The zero-order chi connectivity index (χ0) is 14.6. The van der Waals surface area contributed by atoms with E-state index < -0.39 is 11.7 Å². The number of alkyl halides is 3. The summed E-state index contributed by atoms with van der Waals surface area (Å²) in [4.78, 5) is 4.16. The molecule has 0 fully saturated rings. The minimum absolute atomic E-state index is 0.163. The Bertz CT molecular complexity index is 561. The zero-order valence-electron chi connectivity index (χ0n) is 11.1. The molecule has 0 atom stereocenters. The summed E-state index contributed by atoms with van der Waals surface area (Å²) in [6.07, 6.45) is -1.04. The van der Waals surface area contributed by atoms with Gasteiger partial charge in [-0.3, -0.25) is 0 Å². The van der Waals surface area contributed by atoms with Crippen LogP contribution in [0.4, 0.5) is 13.2 Å². The molecule has 0 amide bonds. The molecule has 1 aromatic heterocycles. The minimum Gasteiger partial charge on any atom is -0.329 e. The summed E-state index contributed by atoms with van der Waals surface area (Å²) in [5, 5.41) is 3.12. The maximum absolute atomic E-state index is 12.9. The zero-order valence-corrected chi connectivity index (χ0v) is 11.1. The summed E-state index contributed by atoms with van der Waals surface area (Å²) in [5.41, 5.74) is -0.348. The van der Waals surface area contributed by atoms with Crippen molar-refractivity contribution in [3.63, 3.8) is 0 Å². The molecule has 2 aromatic rings. The molecule has 3 nitrogen and oxygen atoms in total. The van der Waals surface area contributed by atoms with Crippen molar-refractivity contribution in [3.8, 4) is 0 Å². The second-order valence-electron chi connectivity index (χ2n) is 4.41. The minimum atomic E-state index is -4.33. The van der Waals surface area contributed by atoms with Gasteiger partial charge < -0.3 is 9.88 Å². The van der Waals surface area contributed by atoms with E-state index in [1.165, 1.54) is 12.1 Å². The van der Waals surface area contributed by atoms with Crippen LogP contribution in [0, 0.1) is 0 Å². The van der Waals surface area contributed by atoms with Crippen molar-refractivity contribution >= 4 is 0 Å². The molecule has 0 aliphatic carbocycles. The lowest BCUT2D eigenvalue weighted by Crippen LogP contribution is -2.18. The van der Waals surface area contributed by atoms with Crippen molar-refractivity contribution in [3.05, 3.63) is 53.6 Å². The first-order valence-corrected chi connectivity index (χ1v) is 6.38. The van der Waals surface area contributed by atoms with Crippen LogP contribution in [0.25, 0.3) is 0 Å². The first kappa shape index (κ1) is 14.6. The highest BCUT2D eigenvalue weighted by molar-refractivity contribution is 5.30. The molecule has 0 aliphatic heterocycles. The lowest BCUT2D eigenvalue weighted by molar-refractivity contribution is -0.138. The quantitative estimate of drug-likeness (QED) is 0.914. The Balaban J connectivity index is 2.25. The molecule has 0 radical (unpaired) electrons. The van der Waals surface area contributed by atoms with Crippen LogP contribution in [-0.4, -0.2) is 16.1 Å². The number of halogens is 3. The SMILES string of the molecule is CCNCc1nccn1Cc1ccccc1C(F)(F)F.